The third-order valence-electron chi connectivity index (χ3n) is 3.08. The minimum atomic E-state index is -0.181. The zero-order chi connectivity index (χ0) is 11.7. The van der Waals surface area contributed by atoms with Crippen molar-refractivity contribution in [2.45, 2.75) is 18.9 Å². The highest BCUT2D eigenvalue weighted by molar-refractivity contribution is 5.75. The lowest BCUT2D eigenvalue weighted by Crippen LogP contribution is -2.34. The number of ether oxygens (including phenoxy) is 1. The van der Waals surface area contributed by atoms with Gasteiger partial charge in [0.25, 0.3) is 0 Å². The van der Waals surface area contributed by atoms with Crippen molar-refractivity contribution in [1.82, 2.24) is 15.3 Å². The van der Waals surface area contributed by atoms with Crippen LogP contribution < -0.4 is 15.7 Å². The Bertz CT molecular complexity index is 566. The Morgan fingerprint density at radius 2 is 1.88 bits per heavy atom. The van der Waals surface area contributed by atoms with Gasteiger partial charge in [-0.2, -0.15) is 0 Å². The summed E-state index contributed by atoms with van der Waals surface area (Å²) in [6, 6.07) is 5.63. The summed E-state index contributed by atoms with van der Waals surface area (Å²) in [4.78, 5) is 16.6. The average Bonchev–Trinajstić information content (AvgIpc) is 2.70. The molecule has 0 radical (unpaired) electrons. The van der Waals surface area contributed by atoms with E-state index in [1.165, 1.54) is 0 Å². The van der Waals surface area contributed by atoms with E-state index in [0.29, 0.717) is 0 Å². The monoisotopic (exact) mass is 233 g/mol. The van der Waals surface area contributed by atoms with E-state index < -0.39 is 0 Å². The second kappa shape index (κ2) is 4.25. The molecule has 2 aromatic rings. The molecule has 0 amide bonds. The Balaban J connectivity index is 1.82. The van der Waals surface area contributed by atoms with Crippen LogP contribution in [0.4, 0.5) is 0 Å². The van der Waals surface area contributed by atoms with Crippen LogP contribution in [0.25, 0.3) is 11.0 Å². The molecule has 0 unspecified atom stereocenters. The largest absolute Gasteiger partial charge is 0.490 e. The predicted molar refractivity (Wildman–Crippen MR) is 65.4 cm³/mol. The smallest absolute Gasteiger partial charge is 0.323 e. The number of nitrogens with one attached hydrogen (secondary N) is 3. The van der Waals surface area contributed by atoms with E-state index in [4.69, 9.17) is 4.74 Å². The van der Waals surface area contributed by atoms with Gasteiger partial charge in [0.1, 0.15) is 11.9 Å². The molecule has 17 heavy (non-hydrogen) atoms. The van der Waals surface area contributed by atoms with Gasteiger partial charge in [-0.25, -0.2) is 4.79 Å². The molecule has 0 aliphatic carbocycles. The van der Waals surface area contributed by atoms with Crippen LogP contribution >= 0.6 is 0 Å². The summed E-state index contributed by atoms with van der Waals surface area (Å²) >= 11 is 0. The number of benzene rings is 1. The standard InChI is InChI=1S/C12H15N3O2/c16-12-14-10-2-1-9(7-11(10)15-12)17-8-3-5-13-6-4-8/h1-2,7-8,13H,3-6H2,(H2,14,15,16). The maximum absolute atomic E-state index is 11.1. The molecule has 1 aliphatic rings. The van der Waals surface area contributed by atoms with E-state index in [1.54, 1.807) is 0 Å². The van der Waals surface area contributed by atoms with Crippen molar-refractivity contribution in [3.8, 4) is 5.75 Å². The molecule has 1 saturated heterocycles. The lowest BCUT2D eigenvalue weighted by Gasteiger charge is -2.23. The van der Waals surface area contributed by atoms with Crippen molar-refractivity contribution in [1.29, 1.82) is 0 Å². The van der Waals surface area contributed by atoms with E-state index in [0.717, 1.165) is 42.7 Å². The summed E-state index contributed by atoms with van der Waals surface area (Å²) in [6.45, 7) is 2.02. The number of piperidine rings is 1. The zero-order valence-electron chi connectivity index (χ0n) is 9.45. The molecule has 1 aromatic carbocycles. The van der Waals surface area contributed by atoms with E-state index in [2.05, 4.69) is 15.3 Å². The van der Waals surface area contributed by atoms with Crippen molar-refractivity contribution < 1.29 is 4.74 Å². The first-order valence-corrected chi connectivity index (χ1v) is 5.91. The third kappa shape index (κ3) is 2.19. The second-order valence-corrected chi connectivity index (χ2v) is 4.35. The Kier molecular flexibility index (Phi) is 2.60. The lowest BCUT2D eigenvalue weighted by molar-refractivity contribution is 0.162. The van der Waals surface area contributed by atoms with Gasteiger partial charge in [-0.05, 0) is 38.1 Å². The fourth-order valence-electron chi connectivity index (χ4n) is 2.19. The molecule has 0 bridgehead atoms. The van der Waals surface area contributed by atoms with Crippen molar-refractivity contribution in [2.75, 3.05) is 13.1 Å². The van der Waals surface area contributed by atoms with E-state index >= 15 is 0 Å². The normalized spacial score (nSPS) is 17.4. The SMILES string of the molecule is O=c1[nH]c2ccc(OC3CCNCC3)cc2[nH]1. The minimum Gasteiger partial charge on any atom is -0.490 e. The minimum absolute atomic E-state index is 0.181. The summed E-state index contributed by atoms with van der Waals surface area (Å²) in [5, 5.41) is 3.30. The van der Waals surface area contributed by atoms with Gasteiger partial charge in [0, 0.05) is 6.07 Å². The molecule has 0 saturated carbocycles. The van der Waals surface area contributed by atoms with Crippen LogP contribution in [0.5, 0.6) is 5.75 Å². The number of H-pyrrole nitrogens is 2. The molecule has 90 valence electrons. The first kappa shape index (κ1) is 10.4. The summed E-state index contributed by atoms with van der Waals surface area (Å²) in [5.41, 5.74) is 1.42. The fraction of sp³-hybridized carbons (Fsp3) is 0.417. The number of rotatable bonds is 2. The Hall–Kier alpha value is -1.75. The number of imidazole rings is 1. The summed E-state index contributed by atoms with van der Waals surface area (Å²) < 4.78 is 5.90. The van der Waals surface area contributed by atoms with Gasteiger partial charge >= 0.3 is 5.69 Å². The molecule has 1 fully saturated rings. The Morgan fingerprint density at radius 1 is 1.12 bits per heavy atom. The van der Waals surface area contributed by atoms with Gasteiger partial charge in [-0.3, -0.25) is 0 Å². The second-order valence-electron chi connectivity index (χ2n) is 4.35. The quantitative estimate of drug-likeness (QED) is 0.724. The molecule has 0 atom stereocenters. The van der Waals surface area contributed by atoms with Gasteiger partial charge in [0.15, 0.2) is 0 Å². The van der Waals surface area contributed by atoms with E-state index in [1.807, 2.05) is 18.2 Å². The molecule has 3 rings (SSSR count). The molecular weight excluding hydrogens is 218 g/mol. The number of hydrogen-bond acceptors (Lipinski definition) is 3. The van der Waals surface area contributed by atoms with Gasteiger partial charge in [0.2, 0.25) is 0 Å². The zero-order valence-corrected chi connectivity index (χ0v) is 9.45. The number of aromatic amines is 2. The molecular formula is C12H15N3O2. The van der Waals surface area contributed by atoms with Gasteiger partial charge < -0.3 is 20.0 Å². The van der Waals surface area contributed by atoms with Crippen LogP contribution in [0.3, 0.4) is 0 Å². The fourth-order valence-corrected chi connectivity index (χ4v) is 2.19. The highest BCUT2D eigenvalue weighted by Crippen LogP contribution is 2.20. The highest BCUT2D eigenvalue weighted by atomic mass is 16.5. The third-order valence-corrected chi connectivity index (χ3v) is 3.08. The van der Waals surface area contributed by atoms with Crippen molar-refractivity contribution >= 4 is 11.0 Å². The van der Waals surface area contributed by atoms with Crippen molar-refractivity contribution in [3.63, 3.8) is 0 Å². The maximum Gasteiger partial charge on any atom is 0.323 e. The molecule has 1 aromatic heterocycles. The summed E-state index contributed by atoms with van der Waals surface area (Å²) in [5.74, 6) is 0.819. The summed E-state index contributed by atoms with van der Waals surface area (Å²) in [6.07, 6.45) is 2.34. The Labute approximate surface area is 98.2 Å². The average molecular weight is 233 g/mol. The molecule has 0 spiro atoms. The summed E-state index contributed by atoms with van der Waals surface area (Å²) in [7, 11) is 0. The predicted octanol–water partition coefficient (Wildman–Crippen LogP) is 0.987. The maximum atomic E-state index is 11.1. The first-order chi connectivity index (χ1) is 8.31. The van der Waals surface area contributed by atoms with Crippen LogP contribution in [-0.2, 0) is 0 Å². The number of fused-ring (bicyclic) bond motifs is 1. The molecule has 3 N–H and O–H groups in total. The van der Waals surface area contributed by atoms with Crippen molar-refractivity contribution in [2.24, 2.45) is 0 Å². The lowest BCUT2D eigenvalue weighted by atomic mass is 10.1. The van der Waals surface area contributed by atoms with Crippen LogP contribution in [-0.4, -0.2) is 29.2 Å². The topological polar surface area (TPSA) is 69.9 Å². The Morgan fingerprint density at radius 3 is 2.71 bits per heavy atom. The van der Waals surface area contributed by atoms with Crippen molar-refractivity contribution in [3.05, 3.63) is 28.7 Å². The van der Waals surface area contributed by atoms with Crippen LogP contribution in [0, 0.1) is 0 Å². The molecule has 2 heterocycles. The highest BCUT2D eigenvalue weighted by Gasteiger charge is 2.14. The van der Waals surface area contributed by atoms with Gasteiger partial charge in [-0.1, -0.05) is 0 Å². The number of hydrogen-bond donors (Lipinski definition) is 3. The van der Waals surface area contributed by atoms with Gasteiger partial charge in [0.05, 0.1) is 11.0 Å². The molecule has 5 heteroatoms. The molecule has 1 aliphatic heterocycles. The first-order valence-electron chi connectivity index (χ1n) is 5.91. The van der Waals surface area contributed by atoms with Gasteiger partial charge in [-0.15, -0.1) is 0 Å². The van der Waals surface area contributed by atoms with Crippen LogP contribution in [0.2, 0.25) is 0 Å². The van der Waals surface area contributed by atoms with E-state index in [-0.39, 0.29) is 11.8 Å². The molecule has 5 nitrogen and oxygen atoms in total. The van der Waals surface area contributed by atoms with E-state index in [9.17, 15) is 4.79 Å². The van der Waals surface area contributed by atoms with Crippen LogP contribution in [0.1, 0.15) is 12.8 Å². The number of aromatic nitrogens is 2. The van der Waals surface area contributed by atoms with Crippen LogP contribution in [0.15, 0.2) is 23.0 Å².